The monoisotopic (exact) mass is 285 g/mol. The summed E-state index contributed by atoms with van der Waals surface area (Å²) >= 11 is 0. The average Bonchev–Trinajstić information content (AvgIpc) is 2.46. The predicted molar refractivity (Wildman–Crippen MR) is 85.6 cm³/mol. The Bertz CT molecular complexity index is 564. The molecule has 1 unspecified atom stereocenters. The highest BCUT2D eigenvalue weighted by molar-refractivity contribution is 5.31. The SMILES string of the molecule is CC(C)Oc1cccc(C(C)NCc2ccc(O)cc2)c1. The first-order chi connectivity index (χ1) is 10.0. The quantitative estimate of drug-likeness (QED) is 0.842. The van der Waals surface area contributed by atoms with Gasteiger partial charge >= 0.3 is 0 Å². The lowest BCUT2D eigenvalue weighted by molar-refractivity contribution is 0.242. The molecule has 0 aliphatic rings. The first-order valence-corrected chi connectivity index (χ1v) is 7.32. The summed E-state index contributed by atoms with van der Waals surface area (Å²) in [5.41, 5.74) is 2.35. The third kappa shape index (κ3) is 4.80. The van der Waals surface area contributed by atoms with Gasteiger partial charge in [-0.05, 0) is 56.2 Å². The van der Waals surface area contributed by atoms with E-state index in [9.17, 15) is 5.11 Å². The van der Waals surface area contributed by atoms with Crippen LogP contribution < -0.4 is 10.1 Å². The highest BCUT2D eigenvalue weighted by atomic mass is 16.5. The minimum Gasteiger partial charge on any atom is -0.508 e. The zero-order valence-corrected chi connectivity index (χ0v) is 12.8. The molecule has 0 amide bonds. The Morgan fingerprint density at radius 1 is 1.05 bits per heavy atom. The molecule has 2 aromatic carbocycles. The maximum absolute atomic E-state index is 9.28. The van der Waals surface area contributed by atoms with Crippen LogP contribution in [0.2, 0.25) is 0 Å². The van der Waals surface area contributed by atoms with Gasteiger partial charge < -0.3 is 15.2 Å². The number of ether oxygens (including phenoxy) is 1. The fourth-order valence-electron chi connectivity index (χ4n) is 2.13. The third-order valence-corrected chi connectivity index (χ3v) is 3.28. The maximum atomic E-state index is 9.28. The van der Waals surface area contributed by atoms with E-state index in [4.69, 9.17) is 4.74 Å². The van der Waals surface area contributed by atoms with E-state index in [0.717, 1.165) is 17.9 Å². The van der Waals surface area contributed by atoms with Crippen molar-refractivity contribution in [2.75, 3.05) is 0 Å². The van der Waals surface area contributed by atoms with Crippen molar-refractivity contribution >= 4 is 0 Å². The smallest absolute Gasteiger partial charge is 0.120 e. The van der Waals surface area contributed by atoms with E-state index in [1.165, 1.54) is 5.56 Å². The highest BCUT2D eigenvalue weighted by Crippen LogP contribution is 2.20. The molecule has 0 aliphatic heterocycles. The Hall–Kier alpha value is -2.00. The first-order valence-electron chi connectivity index (χ1n) is 7.32. The van der Waals surface area contributed by atoms with Crippen molar-refractivity contribution in [3.05, 3.63) is 59.7 Å². The van der Waals surface area contributed by atoms with Gasteiger partial charge in [0.25, 0.3) is 0 Å². The van der Waals surface area contributed by atoms with Crippen molar-refractivity contribution in [3.63, 3.8) is 0 Å². The summed E-state index contributed by atoms with van der Waals surface area (Å²) in [5, 5.41) is 12.8. The second-order valence-corrected chi connectivity index (χ2v) is 5.51. The van der Waals surface area contributed by atoms with Crippen LogP contribution in [0.1, 0.15) is 37.9 Å². The molecule has 0 spiro atoms. The van der Waals surface area contributed by atoms with Gasteiger partial charge in [0.1, 0.15) is 11.5 Å². The lowest BCUT2D eigenvalue weighted by atomic mass is 10.1. The van der Waals surface area contributed by atoms with E-state index in [1.54, 1.807) is 12.1 Å². The molecule has 0 aliphatic carbocycles. The van der Waals surface area contributed by atoms with Crippen LogP contribution >= 0.6 is 0 Å². The summed E-state index contributed by atoms with van der Waals surface area (Å²) in [4.78, 5) is 0. The summed E-state index contributed by atoms with van der Waals surface area (Å²) in [6.07, 6.45) is 0.181. The van der Waals surface area contributed by atoms with Gasteiger partial charge in [0.15, 0.2) is 0 Å². The third-order valence-electron chi connectivity index (χ3n) is 3.28. The number of hydrogen-bond acceptors (Lipinski definition) is 3. The van der Waals surface area contributed by atoms with Gasteiger partial charge in [0, 0.05) is 12.6 Å². The fraction of sp³-hybridized carbons (Fsp3) is 0.333. The lowest BCUT2D eigenvalue weighted by Gasteiger charge is -2.16. The van der Waals surface area contributed by atoms with Crippen LogP contribution in [-0.4, -0.2) is 11.2 Å². The molecule has 0 bridgehead atoms. The predicted octanol–water partition coefficient (Wildman–Crippen LogP) is 4.03. The number of phenolic OH excluding ortho intramolecular Hbond substituents is 1. The van der Waals surface area contributed by atoms with E-state index in [1.807, 2.05) is 38.1 Å². The first kappa shape index (κ1) is 15.4. The molecule has 21 heavy (non-hydrogen) atoms. The molecule has 0 radical (unpaired) electrons. The molecule has 0 heterocycles. The number of benzene rings is 2. The number of rotatable bonds is 6. The van der Waals surface area contributed by atoms with Gasteiger partial charge in [-0.1, -0.05) is 24.3 Å². The molecule has 2 aromatic rings. The number of hydrogen-bond donors (Lipinski definition) is 2. The van der Waals surface area contributed by atoms with Crippen LogP contribution in [0.5, 0.6) is 11.5 Å². The molecule has 0 aromatic heterocycles. The van der Waals surface area contributed by atoms with Crippen molar-refractivity contribution in [1.82, 2.24) is 5.32 Å². The molecular formula is C18H23NO2. The Morgan fingerprint density at radius 2 is 1.76 bits per heavy atom. The van der Waals surface area contributed by atoms with Crippen LogP contribution in [0.3, 0.4) is 0 Å². The van der Waals surface area contributed by atoms with E-state index >= 15 is 0 Å². The Kier molecular flexibility index (Phi) is 5.23. The minimum atomic E-state index is 0.181. The molecule has 2 N–H and O–H groups in total. The molecule has 0 fully saturated rings. The topological polar surface area (TPSA) is 41.5 Å². The Balaban J connectivity index is 1.96. The summed E-state index contributed by atoms with van der Waals surface area (Å²) in [6.45, 7) is 6.95. The molecular weight excluding hydrogens is 262 g/mol. The summed E-state index contributed by atoms with van der Waals surface area (Å²) in [6, 6.07) is 15.7. The van der Waals surface area contributed by atoms with Gasteiger partial charge in [0.2, 0.25) is 0 Å². The second kappa shape index (κ2) is 7.14. The molecule has 3 nitrogen and oxygen atoms in total. The maximum Gasteiger partial charge on any atom is 0.120 e. The summed E-state index contributed by atoms with van der Waals surface area (Å²) < 4.78 is 5.73. The second-order valence-electron chi connectivity index (χ2n) is 5.51. The van der Waals surface area contributed by atoms with Crippen molar-refractivity contribution < 1.29 is 9.84 Å². The van der Waals surface area contributed by atoms with Crippen LogP contribution in [-0.2, 0) is 6.54 Å². The van der Waals surface area contributed by atoms with Gasteiger partial charge in [0.05, 0.1) is 6.10 Å². The molecule has 0 saturated carbocycles. The van der Waals surface area contributed by atoms with Crippen LogP contribution in [0.4, 0.5) is 0 Å². The fourth-order valence-corrected chi connectivity index (χ4v) is 2.13. The zero-order chi connectivity index (χ0) is 15.2. The van der Waals surface area contributed by atoms with E-state index < -0.39 is 0 Å². The number of nitrogens with one attached hydrogen (secondary N) is 1. The standard InChI is InChI=1S/C18H23NO2/c1-13(2)21-18-6-4-5-16(11-18)14(3)19-12-15-7-9-17(20)10-8-15/h4-11,13-14,19-20H,12H2,1-3H3. The van der Waals surface area contributed by atoms with Gasteiger partial charge in [-0.2, -0.15) is 0 Å². The Morgan fingerprint density at radius 3 is 2.43 bits per heavy atom. The summed E-state index contributed by atoms with van der Waals surface area (Å²) in [7, 11) is 0. The van der Waals surface area contributed by atoms with Crippen molar-refractivity contribution in [1.29, 1.82) is 0 Å². The van der Waals surface area contributed by atoms with Crippen molar-refractivity contribution in [2.24, 2.45) is 0 Å². The number of phenols is 1. The average molecular weight is 285 g/mol. The molecule has 3 heteroatoms. The van der Waals surface area contributed by atoms with Crippen LogP contribution in [0.15, 0.2) is 48.5 Å². The molecule has 1 atom stereocenters. The zero-order valence-electron chi connectivity index (χ0n) is 12.8. The molecule has 0 saturated heterocycles. The minimum absolute atomic E-state index is 0.181. The van der Waals surface area contributed by atoms with Gasteiger partial charge in [-0.15, -0.1) is 0 Å². The van der Waals surface area contributed by atoms with Crippen LogP contribution in [0.25, 0.3) is 0 Å². The van der Waals surface area contributed by atoms with Crippen molar-refractivity contribution in [2.45, 2.75) is 39.5 Å². The van der Waals surface area contributed by atoms with Gasteiger partial charge in [-0.25, -0.2) is 0 Å². The number of aromatic hydroxyl groups is 1. The largest absolute Gasteiger partial charge is 0.508 e. The normalized spacial score (nSPS) is 12.4. The van der Waals surface area contributed by atoms with Crippen molar-refractivity contribution in [3.8, 4) is 11.5 Å². The van der Waals surface area contributed by atoms with Gasteiger partial charge in [-0.3, -0.25) is 0 Å². The highest BCUT2D eigenvalue weighted by Gasteiger charge is 2.07. The van der Waals surface area contributed by atoms with E-state index in [-0.39, 0.29) is 12.1 Å². The molecule has 112 valence electrons. The molecule has 2 rings (SSSR count). The summed E-state index contributed by atoms with van der Waals surface area (Å²) in [5.74, 6) is 1.20. The lowest BCUT2D eigenvalue weighted by Crippen LogP contribution is -2.18. The van der Waals surface area contributed by atoms with E-state index in [2.05, 4.69) is 24.4 Å². The Labute approximate surface area is 126 Å². The van der Waals surface area contributed by atoms with Crippen LogP contribution in [0, 0.1) is 0 Å². The van der Waals surface area contributed by atoms with E-state index in [0.29, 0.717) is 5.75 Å².